The summed E-state index contributed by atoms with van der Waals surface area (Å²) in [6.07, 6.45) is 5.58. The Morgan fingerprint density at radius 1 is 1.07 bits per heavy atom. The van der Waals surface area contributed by atoms with E-state index in [9.17, 15) is 9.59 Å². The number of piperazine rings is 1. The Balaban J connectivity index is 1.34. The zero-order chi connectivity index (χ0) is 20.0. The molecule has 29 heavy (non-hydrogen) atoms. The SMILES string of the molecule is Cc1cccc2c(=O)[nH]c(-c3cnc(N4CCN(C(=O)C5CC5)CC4)nc3)cc12. The quantitative estimate of drug-likeness (QED) is 0.744. The molecule has 0 bridgehead atoms. The topological polar surface area (TPSA) is 82.2 Å². The number of aromatic nitrogens is 3. The molecular weight excluding hydrogens is 366 g/mol. The van der Waals surface area contributed by atoms with E-state index in [2.05, 4.69) is 19.9 Å². The molecule has 1 saturated carbocycles. The fraction of sp³-hybridized carbons (Fsp3) is 0.364. The third-order valence-corrected chi connectivity index (χ3v) is 5.86. The van der Waals surface area contributed by atoms with Crippen LogP contribution in [0, 0.1) is 12.8 Å². The molecule has 1 N–H and O–H groups in total. The first-order chi connectivity index (χ1) is 14.1. The van der Waals surface area contributed by atoms with Crippen molar-refractivity contribution in [1.29, 1.82) is 0 Å². The Labute approximate surface area is 168 Å². The molecule has 0 atom stereocenters. The van der Waals surface area contributed by atoms with E-state index < -0.39 is 0 Å². The van der Waals surface area contributed by atoms with Gasteiger partial charge in [0.1, 0.15) is 0 Å². The minimum absolute atomic E-state index is 0.110. The van der Waals surface area contributed by atoms with Crippen LogP contribution in [0.2, 0.25) is 0 Å². The molecule has 5 rings (SSSR count). The van der Waals surface area contributed by atoms with E-state index in [0.717, 1.165) is 55.5 Å². The van der Waals surface area contributed by atoms with Gasteiger partial charge in [-0.05, 0) is 42.8 Å². The van der Waals surface area contributed by atoms with Crippen LogP contribution in [0.4, 0.5) is 5.95 Å². The van der Waals surface area contributed by atoms with E-state index in [0.29, 0.717) is 22.9 Å². The highest BCUT2D eigenvalue weighted by atomic mass is 16.2. The fourth-order valence-electron chi connectivity index (χ4n) is 3.93. The summed E-state index contributed by atoms with van der Waals surface area (Å²) in [5.74, 6) is 1.23. The Morgan fingerprint density at radius 3 is 2.48 bits per heavy atom. The Morgan fingerprint density at radius 2 is 1.79 bits per heavy atom. The zero-order valence-electron chi connectivity index (χ0n) is 16.4. The van der Waals surface area contributed by atoms with Crippen molar-refractivity contribution in [3.05, 3.63) is 52.6 Å². The molecule has 1 amide bonds. The number of pyridine rings is 1. The third-order valence-electron chi connectivity index (χ3n) is 5.86. The highest BCUT2D eigenvalue weighted by Crippen LogP contribution is 2.31. The number of nitrogens with one attached hydrogen (secondary N) is 1. The normalized spacial score (nSPS) is 17.0. The number of aromatic amines is 1. The fourth-order valence-corrected chi connectivity index (χ4v) is 3.93. The molecule has 3 aromatic rings. The molecule has 0 unspecified atom stereocenters. The standard InChI is InChI=1S/C22H23N5O2/c1-14-3-2-4-17-18(14)11-19(25-20(17)28)16-12-23-22(24-13-16)27-9-7-26(8-10-27)21(29)15-5-6-15/h2-4,11-13,15H,5-10H2,1H3,(H,25,28). The number of amides is 1. The summed E-state index contributed by atoms with van der Waals surface area (Å²) < 4.78 is 0. The highest BCUT2D eigenvalue weighted by Gasteiger charge is 2.34. The van der Waals surface area contributed by atoms with Crippen molar-refractivity contribution in [1.82, 2.24) is 19.9 Å². The number of H-pyrrole nitrogens is 1. The second kappa shape index (κ2) is 6.99. The molecule has 0 radical (unpaired) electrons. The predicted molar refractivity (Wildman–Crippen MR) is 112 cm³/mol. The molecule has 2 aliphatic rings. The highest BCUT2D eigenvalue weighted by molar-refractivity contribution is 5.87. The van der Waals surface area contributed by atoms with Crippen molar-refractivity contribution in [2.75, 3.05) is 31.1 Å². The van der Waals surface area contributed by atoms with Gasteiger partial charge in [0.05, 0.1) is 5.69 Å². The maximum Gasteiger partial charge on any atom is 0.256 e. The van der Waals surface area contributed by atoms with Gasteiger partial charge in [-0.25, -0.2) is 9.97 Å². The molecule has 1 aliphatic carbocycles. The molecule has 7 heteroatoms. The molecule has 3 heterocycles. The van der Waals surface area contributed by atoms with Crippen LogP contribution in [0.25, 0.3) is 22.0 Å². The van der Waals surface area contributed by atoms with E-state index in [1.807, 2.05) is 36.1 Å². The second-order valence-corrected chi connectivity index (χ2v) is 7.91. The maximum absolute atomic E-state index is 12.4. The number of carbonyl (C=O) groups is 1. The van der Waals surface area contributed by atoms with Crippen molar-refractivity contribution in [2.24, 2.45) is 5.92 Å². The molecule has 7 nitrogen and oxygen atoms in total. The molecule has 2 aromatic heterocycles. The van der Waals surface area contributed by atoms with Gasteiger partial charge in [0.25, 0.3) is 5.56 Å². The Bertz CT molecular complexity index is 1130. The summed E-state index contributed by atoms with van der Waals surface area (Å²) in [4.78, 5) is 40.7. The van der Waals surface area contributed by atoms with E-state index in [1.54, 1.807) is 12.4 Å². The van der Waals surface area contributed by atoms with E-state index in [-0.39, 0.29) is 11.5 Å². The lowest BCUT2D eigenvalue weighted by Crippen LogP contribution is -2.49. The molecule has 0 spiro atoms. The average molecular weight is 389 g/mol. The van der Waals surface area contributed by atoms with Crippen molar-refractivity contribution in [2.45, 2.75) is 19.8 Å². The van der Waals surface area contributed by atoms with Crippen LogP contribution in [-0.2, 0) is 4.79 Å². The average Bonchev–Trinajstić information content (AvgIpc) is 3.60. The van der Waals surface area contributed by atoms with E-state index in [4.69, 9.17) is 0 Å². The monoisotopic (exact) mass is 389 g/mol. The van der Waals surface area contributed by atoms with Crippen LogP contribution in [0.5, 0.6) is 0 Å². The summed E-state index contributed by atoms with van der Waals surface area (Å²) in [6, 6.07) is 7.70. The van der Waals surface area contributed by atoms with Crippen LogP contribution < -0.4 is 10.5 Å². The van der Waals surface area contributed by atoms with Gasteiger partial charge >= 0.3 is 0 Å². The van der Waals surface area contributed by atoms with E-state index in [1.165, 1.54) is 0 Å². The van der Waals surface area contributed by atoms with Crippen LogP contribution in [0.1, 0.15) is 18.4 Å². The van der Waals surface area contributed by atoms with Gasteiger partial charge in [0.15, 0.2) is 0 Å². The third kappa shape index (κ3) is 3.37. The number of carbonyl (C=O) groups excluding carboxylic acids is 1. The van der Waals surface area contributed by atoms with E-state index >= 15 is 0 Å². The molecule has 1 aromatic carbocycles. The predicted octanol–water partition coefficient (Wildman–Crippen LogP) is 2.35. The van der Waals surface area contributed by atoms with Gasteiger partial charge in [-0.2, -0.15) is 0 Å². The summed E-state index contributed by atoms with van der Waals surface area (Å²) >= 11 is 0. The van der Waals surface area contributed by atoms with Gasteiger partial charge in [-0.1, -0.05) is 12.1 Å². The number of hydrogen-bond donors (Lipinski definition) is 1. The first-order valence-corrected chi connectivity index (χ1v) is 10.1. The van der Waals surface area contributed by atoms with Crippen LogP contribution in [0.15, 0.2) is 41.5 Å². The lowest BCUT2D eigenvalue weighted by Gasteiger charge is -2.34. The summed E-state index contributed by atoms with van der Waals surface area (Å²) in [5, 5.41) is 1.62. The molecule has 148 valence electrons. The van der Waals surface area contributed by atoms with Gasteiger partial charge in [0.2, 0.25) is 11.9 Å². The van der Waals surface area contributed by atoms with Crippen molar-refractivity contribution < 1.29 is 4.79 Å². The van der Waals surface area contributed by atoms with Gasteiger partial charge < -0.3 is 14.8 Å². The Hall–Kier alpha value is -3.22. The molecule has 2 fully saturated rings. The summed E-state index contributed by atoms with van der Waals surface area (Å²) in [6.45, 7) is 4.92. The lowest BCUT2D eigenvalue weighted by molar-refractivity contribution is -0.132. The minimum atomic E-state index is -0.110. The van der Waals surface area contributed by atoms with Gasteiger partial charge in [-0.3, -0.25) is 9.59 Å². The Kier molecular flexibility index (Phi) is 4.30. The van der Waals surface area contributed by atoms with Crippen molar-refractivity contribution >= 4 is 22.6 Å². The minimum Gasteiger partial charge on any atom is -0.339 e. The smallest absolute Gasteiger partial charge is 0.256 e. The molecular formula is C22H23N5O2. The van der Waals surface area contributed by atoms with Gasteiger partial charge in [-0.15, -0.1) is 0 Å². The number of aryl methyl sites for hydroxylation is 1. The van der Waals surface area contributed by atoms with Gasteiger partial charge in [0, 0.05) is 55.4 Å². The van der Waals surface area contributed by atoms with Crippen LogP contribution >= 0.6 is 0 Å². The number of nitrogens with zero attached hydrogens (tertiary/aromatic N) is 4. The number of benzene rings is 1. The largest absolute Gasteiger partial charge is 0.339 e. The maximum atomic E-state index is 12.4. The lowest BCUT2D eigenvalue weighted by atomic mass is 10.1. The van der Waals surface area contributed by atoms with Crippen molar-refractivity contribution in [3.8, 4) is 11.3 Å². The first-order valence-electron chi connectivity index (χ1n) is 10.1. The number of fused-ring (bicyclic) bond motifs is 1. The zero-order valence-corrected chi connectivity index (χ0v) is 16.4. The van der Waals surface area contributed by atoms with Crippen molar-refractivity contribution in [3.63, 3.8) is 0 Å². The number of anilines is 1. The van der Waals surface area contributed by atoms with Crippen LogP contribution in [-0.4, -0.2) is 51.9 Å². The summed E-state index contributed by atoms with van der Waals surface area (Å²) in [5.41, 5.74) is 2.44. The number of hydrogen-bond acceptors (Lipinski definition) is 5. The number of rotatable bonds is 3. The molecule has 1 saturated heterocycles. The first kappa shape index (κ1) is 17.8. The van der Waals surface area contributed by atoms with Crippen LogP contribution in [0.3, 0.4) is 0 Å². The summed E-state index contributed by atoms with van der Waals surface area (Å²) in [7, 11) is 0. The molecule has 1 aliphatic heterocycles. The second-order valence-electron chi connectivity index (χ2n) is 7.91.